The van der Waals surface area contributed by atoms with E-state index in [4.69, 9.17) is 4.74 Å². The van der Waals surface area contributed by atoms with E-state index in [9.17, 15) is 18.0 Å². The van der Waals surface area contributed by atoms with E-state index in [1.807, 2.05) is 19.1 Å². The molecule has 3 rings (SSSR count). The third-order valence-electron chi connectivity index (χ3n) is 4.24. The first-order chi connectivity index (χ1) is 13.5. The molecule has 0 atom stereocenters. The number of amides is 1. The van der Waals surface area contributed by atoms with Crippen LogP contribution in [0.2, 0.25) is 0 Å². The highest BCUT2D eigenvalue weighted by molar-refractivity contribution is 5.91. The molecule has 29 heavy (non-hydrogen) atoms. The highest BCUT2D eigenvalue weighted by atomic mass is 19.4. The summed E-state index contributed by atoms with van der Waals surface area (Å²) >= 11 is 0. The van der Waals surface area contributed by atoms with E-state index in [1.165, 1.54) is 18.6 Å². The van der Waals surface area contributed by atoms with Gasteiger partial charge in [0, 0.05) is 11.8 Å². The van der Waals surface area contributed by atoms with Gasteiger partial charge in [0.15, 0.2) is 6.61 Å². The van der Waals surface area contributed by atoms with Gasteiger partial charge in [-0.1, -0.05) is 19.9 Å². The number of carbonyl (C=O) groups is 1. The van der Waals surface area contributed by atoms with Crippen molar-refractivity contribution < 1.29 is 22.7 Å². The Bertz CT molecular complexity index is 1060. The van der Waals surface area contributed by atoms with E-state index in [2.05, 4.69) is 34.2 Å². The summed E-state index contributed by atoms with van der Waals surface area (Å²) < 4.78 is 44.8. The molecule has 0 aliphatic heterocycles. The van der Waals surface area contributed by atoms with Crippen molar-refractivity contribution >= 4 is 17.5 Å². The topological polar surface area (TPSA) is 81.4 Å². The number of aromatic nitrogens is 4. The molecule has 10 heteroatoms. The number of hydrogen-bond acceptors (Lipinski definition) is 5. The second-order valence-corrected chi connectivity index (χ2v) is 6.94. The van der Waals surface area contributed by atoms with E-state index in [-0.39, 0.29) is 18.2 Å². The average molecular weight is 407 g/mol. The molecule has 1 amide bonds. The smallest absolute Gasteiger partial charge is 0.453 e. The lowest BCUT2D eigenvalue weighted by Gasteiger charge is -2.12. The molecular formula is C19H20F3N5O2. The molecule has 1 aromatic carbocycles. The predicted molar refractivity (Wildman–Crippen MR) is 99.9 cm³/mol. The van der Waals surface area contributed by atoms with Crippen molar-refractivity contribution in [2.24, 2.45) is 0 Å². The molecule has 0 spiro atoms. The van der Waals surface area contributed by atoms with Crippen molar-refractivity contribution in [1.29, 1.82) is 0 Å². The maximum Gasteiger partial charge on any atom is 0.453 e. The minimum Gasteiger partial charge on any atom is -0.484 e. The second kappa shape index (κ2) is 7.69. The average Bonchev–Trinajstić information content (AvgIpc) is 3.05. The molecule has 0 unspecified atom stereocenters. The summed E-state index contributed by atoms with van der Waals surface area (Å²) in [6.45, 7) is 7.42. The largest absolute Gasteiger partial charge is 0.484 e. The van der Waals surface area contributed by atoms with Crippen LogP contribution in [-0.4, -0.2) is 32.1 Å². The first-order valence-electron chi connectivity index (χ1n) is 8.89. The van der Waals surface area contributed by atoms with Crippen molar-refractivity contribution in [1.82, 2.24) is 19.6 Å². The van der Waals surface area contributed by atoms with Gasteiger partial charge < -0.3 is 10.1 Å². The number of fused-ring (bicyclic) bond motifs is 1. The molecule has 0 saturated carbocycles. The molecule has 3 aromatic rings. The van der Waals surface area contributed by atoms with Crippen LogP contribution < -0.4 is 10.1 Å². The summed E-state index contributed by atoms with van der Waals surface area (Å²) in [6, 6.07) is 7.00. The molecule has 0 aliphatic carbocycles. The lowest BCUT2D eigenvalue weighted by molar-refractivity contribution is -0.144. The van der Waals surface area contributed by atoms with Gasteiger partial charge in [0.2, 0.25) is 0 Å². The summed E-state index contributed by atoms with van der Waals surface area (Å²) in [4.78, 5) is 19.4. The summed E-state index contributed by atoms with van der Waals surface area (Å²) in [5, 5.41) is 5.89. The molecule has 154 valence electrons. The van der Waals surface area contributed by atoms with Gasteiger partial charge in [-0.2, -0.15) is 23.1 Å². The minimum atomic E-state index is -4.68. The van der Waals surface area contributed by atoms with Crippen LogP contribution in [0, 0.1) is 13.8 Å². The first kappa shape index (κ1) is 20.6. The molecule has 2 aromatic heterocycles. The van der Waals surface area contributed by atoms with Crippen LogP contribution in [0.4, 0.5) is 19.0 Å². The molecule has 0 bridgehead atoms. The Morgan fingerprint density at radius 1 is 1.21 bits per heavy atom. The van der Waals surface area contributed by atoms with Gasteiger partial charge >= 0.3 is 6.18 Å². The van der Waals surface area contributed by atoms with Crippen LogP contribution >= 0.6 is 0 Å². The number of alkyl halides is 3. The highest BCUT2D eigenvalue weighted by Gasteiger charge is 2.36. The standard InChI is InChI=1S/C19H20F3N5O2/c1-10(2)14-6-5-13(7-11(14)3)29-9-16(28)23-15-8-12(4)27-18(24-15)25-17(26-27)19(20,21)22/h5-8,10H,9H2,1-4H3,(H,23,24,25,26,28). The van der Waals surface area contributed by atoms with Crippen molar-refractivity contribution in [3.8, 4) is 5.75 Å². The van der Waals surface area contributed by atoms with Gasteiger partial charge in [-0.25, -0.2) is 4.52 Å². The van der Waals surface area contributed by atoms with E-state index < -0.39 is 17.9 Å². The van der Waals surface area contributed by atoms with Gasteiger partial charge in [-0.15, -0.1) is 5.10 Å². The quantitative estimate of drug-likeness (QED) is 0.694. The number of rotatable bonds is 5. The zero-order valence-electron chi connectivity index (χ0n) is 16.3. The fourth-order valence-electron chi connectivity index (χ4n) is 2.91. The summed E-state index contributed by atoms with van der Waals surface area (Å²) in [5.74, 6) is -1.05. The van der Waals surface area contributed by atoms with Gasteiger partial charge in [-0.05, 0) is 43.0 Å². The number of carbonyl (C=O) groups excluding carboxylic acids is 1. The SMILES string of the molecule is Cc1cc(OCC(=O)Nc2cc(C)n3nc(C(F)(F)F)nc3n2)ccc1C(C)C. The minimum absolute atomic E-state index is 0.0658. The van der Waals surface area contributed by atoms with Crippen LogP contribution in [-0.2, 0) is 11.0 Å². The molecule has 1 N–H and O–H groups in total. The maximum absolute atomic E-state index is 12.8. The van der Waals surface area contributed by atoms with Crippen LogP contribution in [0.15, 0.2) is 24.3 Å². The van der Waals surface area contributed by atoms with E-state index in [0.29, 0.717) is 17.4 Å². The zero-order chi connectivity index (χ0) is 21.3. The molecule has 0 radical (unpaired) electrons. The molecule has 7 nitrogen and oxygen atoms in total. The fraction of sp³-hybridized carbons (Fsp3) is 0.368. The Labute approximate surface area is 164 Å². The number of anilines is 1. The van der Waals surface area contributed by atoms with Gasteiger partial charge in [0.05, 0.1) is 0 Å². The number of benzene rings is 1. The maximum atomic E-state index is 12.8. The second-order valence-electron chi connectivity index (χ2n) is 6.94. The monoisotopic (exact) mass is 407 g/mol. The zero-order valence-corrected chi connectivity index (χ0v) is 16.3. The Morgan fingerprint density at radius 2 is 1.93 bits per heavy atom. The molecule has 0 aliphatic rings. The third kappa shape index (κ3) is 4.64. The molecule has 2 heterocycles. The number of nitrogens with zero attached hydrogens (tertiary/aromatic N) is 4. The number of halogens is 3. The first-order valence-corrected chi connectivity index (χ1v) is 8.89. The van der Waals surface area contributed by atoms with E-state index >= 15 is 0 Å². The lowest BCUT2D eigenvalue weighted by atomic mass is 9.98. The Hall–Kier alpha value is -3.17. The van der Waals surface area contributed by atoms with Crippen molar-refractivity contribution in [2.75, 3.05) is 11.9 Å². The van der Waals surface area contributed by atoms with Gasteiger partial charge in [0.25, 0.3) is 17.5 Å². The molecule has 0 saturated heterocycles. The Morgan fingerprint density at radius 3 is 2.55 bits per heavy atom. The van der Waals surface area contributed by atoms with Gasteiger partial charge in [-0.3, -0.25) is 4.79 Å². The Kier molecular flexibility index (Phi) is 5.45. The number of hydrogen-bond donors (Lipinski definition) is 1. The summed E-state index contributed by atoms with van der Waals surface area (Å²) in [7, 11) is 0. The normalized spacial score (nSPS) is 11.9. The number of aryl methyl sites for hydroxylation is 2. The highest BCUT2D eigenvalue weighted by Crippen LogP contribution is 2.27. The number of ether oxygens (including phenoxy) is 1. The summed E-state index contributed by atoms with van der Waals surface area (Å²) in [6.07, 6.45) is -4.68. The van der Waals surface area contributed by atoms with Crippen molar-refractivity contribution in [3.05, 3.63) is 46.9 Å². The van der Waals surface area contributed by atoms with Crippen LogP contribution in [0.5, 0.6) is 5.75 Å². The molecular weight excluding hydrogens is 387 g/mol. The summed E-state index contributed by atoms with van der Waals surface area (Å²) in [5.41, 5.74) is 2.60. The number of nitrogens with one attached hydrogen (secondary N) is 1. The van der Waals surface area contributed by atoms with Gasteiger partial charge in [0.1, 0.15) is 11.6 Å². The fourth-order valence-corrected chi connectivity index (χ4v) is 2.91. The predicted octanol–water partition coefficient (Wildman–Crippen LogP) is 3.90. The van der Waals surface area contributed by atoms with Crippen LogP contribution in [0.1, 0.15) is 42.4 Å². The lowest BCUT2D eigenvalue weighted by Crippen LogP contribution is -2.21. The van der Waals surface area contributed by atoms with Crippen LogP contribution in [0.3, 0.4) is 0 Å². The third-order valence-corrected chi connectivity index (χ3v) is 4.24. The van der Waals surface area contributed by atoms with Crippen LogP contribution in [0.25, 0.3) is 5.78 Å². The van der Waals surface area contributed by atoms with Crippen molar-refractivity contribution in [2.45, 2.75) is 39.8 Å². The molecule has 0 fully saturated rings. The van der Waals surface area contributed by atoms with E-state index in [0.717, 1.165) is 10.1 Å². The Balaban J connectivity index is 1.69. The van der Waals surface area contributed by atoms with Crippen molar-refractivity contribution in [3.63, 3.8) is 0 Å². The van der Waals surface area contributed by atoms with E-state index in [1.54, 1.807) is 6.07 Å².